The molecule has 1 saturated heterocycles. The van der Waals surface area contributed by atoms with Gasteiger partial charge in [-0.25, -0.2) is 0 Å². The van der Waals surface area contributed by atoms with Crippen LogP contribution in [0.4, 0.5) is 5.69 Å². The Balaban J connectivity index is 2.34. The average molecular weight is 398 g/mol. The molecule has 0 bridgehead atoms. The van der Waals surface area contributed by atoms with E-state index in [9.17, 15) is 4.79 Å². The van der Waals surface area contributed by atoms with Crippen LogP contribution in [0.25, 0.3) is 0 Å². The number of amides is 1. The highest BCUT2D eigenvalue weighted by molar-refractivity contribution is 14.1. The Labute approximate surface area is 116 Å². The molecule has 1 aromatic rings. The Morgan fingerprint density at radius 3 is 2.80 bits per heavy atom. The van der Waals surface area contributed by atoms with Crippen molar-refractivity contribution in [1.82, 2.24) is 0 Å². The van der Waals surface area contributed by atoms with Gasteiger partial charge in [-0.05, 0) is 56.7 Å². The van der Waals surface area contributed by atoms with Gasteiger partial charge in [0.2, 0.25) is 5.91 Å². The summed E-state index contributed by atoms with van der Waals surface area (Å²) in [6.45, 7) is 0.696. The molecule has 1 aliphatic heterocycles. The van der Waals surface area contributed by atoms with Gasteiger partial charge in [-0.2, -0.15) is 12.6 Å². The fraction of sp³-hybridized carbons (Fsp3) is 0.300. The Morgan fingerprint density at radius 1 is 1.53 bits per heavy atom. The highest BCUT2D eigenvalue weighted by Crippen LogP contribution is 2.31. The molecule has 0 radical (unpaired) electrons. The van der Waals surface area contributed by atoms with Crippen molar-refractivity contribution in [2.24, 2.45) is 0 Å². The van der Waals surface area contributed by atoms with Crippen molar-refractivity contribution < 1.29 is 4.79 Å². The van der Waals surface area contributed by atoms with Gasteiger partial charge in [-0.15, -0.1) is 0 Å². The second-order valence-electron chi connectivity index (χ2n) is 3.46. The smallest absolute Gasteiger partial charge is 0.228 e. The SMILES string of the molecule is O=C1CC(S)CN1c1ccc(I)cc1Br. The Kier molecular flexibility index (Phi) is 3.62. The van der Waals surface area contributed by atoms with Gasteiger partial charge in [-0.1, -0.05) is 0 Å². The summed E-state index contributed by atoms with van der Waals surface area (Å²) in [5.41, 5.74) is 0.942. The number of nitrogens with zero attached hydrogens (tertiary/aromatic N) is 1. The predicted octanol–water partition coefficient (Wildman–Crippen LogP) is 3.09. The third kappa shape index (κ3) is 2.50. The minimum atomic E-state index is 0.150. The average Bonchev–Trinajstić information content (AvgIpc) is 2.45. The first-order valence-corrected chi connectivity index (χ1v) is 6.90. The fourth-order valence-electron chi connectivity index (χ4n) is 1.62. The van der Waals surface area contributed by atoms with Crippen molar-refractivity contribution in [3.05, 3.63) is 26.2 Å². The molecule has 0 N–H and O–H groups in total. The summed E-state index contributed by atoms with van der Waals surface area (Å²) >= 11 is 10.1. The maximum atomic E-state index is 11.7. The van der Waals surface area contributed by atoms with Crippen molar-refractivity contribution in [3.63, 3.8) is 0 Å². The summed E-state index contributed by atoms with van der Waals surface area (Å²) in [6.07, 6.45) is 0.529. The number of carbonyl (C=O) groups is 1. The number of benzene rings is 1. The molecule has 1 unspecified atom stereocenters. The van der Waals surface area contributed by atoms with Crippen molar-refractivity contribution in [2.45, 2.75) is 11.7 Å². The summed E-state index contributed by atoms with van der Waals surface area (Å²) in [5, 5.41) is 0.156. The molecule has 15 heavy (non-hydrogen) atoms. The second kappa shape index (κ2) is 4.63. The molecule has 1 amide bonds. The van der Waals surface area contributed by atoms with Crippen LogP contribution in [-0.4, -0.2) is 17.7 Å². The maximum absolute atomic E-state index is 11.7. The van der Waals surface area contributed by atoms with E-state index >= 15 is 0 Å². The molecular formula is C10H9BrINOS. The Bertz CT molecular complexity index is 412. The molecule has 2 nitrogen and oxygen atoms in total. The van der Waals surface area contributed by atoms with Crippen molar-refractivity contribution >= 4 is 62.7 Å². The van der Waals surface area contributed by atoms with Gasteiger partial charge < -0.3 is 4.90 Å². The predicted molar refractivity (Wildman–Crippen MR) is 76.6 cm³/mol. The zero-order valence-electron chi connectivity index (χ0n) is 7.78. The topological polar surface area (TPSA) is 20.3 Å². The third-order valence-electron chi connectivity index (χ3n) is 2.31. The monoisotopic (exact) mass is 397 g/mol. The molecule has 0 saturated carbocycles. The Morgan fingerprint density at radius 2 is 2.27 bits per heavy atom. The van der Waals surface area contributed by atoms with Crippen LogP contribution in [0.15, 0.2) is 22.7 Å². The van der Waals surface area contributed by atoms with Gasteiger partial charge in [0.25, 0.3) is 0 Å². The Hall–Kier alpha value is 0.250. The zero-order chi connectivity index (χ0) is 11.0. The molecule has 5 heteroatoms. The summed E-state index contributed by atoms with van der Waals surface area (Å²) in [6, 6.07) is 5.98. The summed E-state index contributed by atoms with van der Waals surface area (Å²) in [4.78, 5) is 13.5. The summed E-state index contributed by atoms with van der Waals surface area (Å²) in [7, 11) is 0. The minimum Gasteiger partial charge on any atom is -0.310 e. The number of hydrogen-bond donors (Lipinski definition) is 1. The lowest BCUT2D eigenvalue weighted by atomic mass is 10.3. The van der Waals surface area contributed by atoms with E-state index in [-0.39, 0.29) is 11.2 Å². The lowest BCUT2D eigenvalue weighted by molar-refractivity contribution is -0.117. The molecule has 0 spiro atoms. The quantitative estimate of drug-likeness (QED) is 0.570. The van der Waals surface area contributed by atoms with Crippen LogP contribution in [0.1, 0.15) is 6.42 Å². The summed E-state index contributed by atoms with van der Waals surface area (Å²) < 4.78 is 2.11. The number of halogens is 2. The number of thiol groups is 1. The highest BCUT2D eigenvalue weighted by Gasteiger charge is 2.29. The van der Waals surface area contributed by atoms with Crippen LogP contribution in [0.2, 0.25) is 0 Å². The molecule has 1 atom stereocenters. The van der Waals surface area contributed by atoms with Crippen LogP contribution in [-0.2, 0) is 4.79 Å². The molecule has 1 aliphatic rings. The van der Waals surface area contributed by atoms with Crippen LogP contribution < -0.4 is 4.90 Å². The van der Waals surface area contributed by atoms with Gasteiger partial charge in [-0.3, -0.25) is 4.79 Å². The van der Waals surface area contributed by atoms with Crippen molar-refractivity contribution in [1.29, 1.82) is 0 Å². The number of hydrogen-bond acceptors (Lipinski definition) is 2. The van der Waals surface area contributed by atoms with E-state index in [1.165, 1.54) is 0 Å². The highest BCUT2D eigenvalue weighted by atomic mass is 127. The van der Waals surface area contributed by atoms with E-state index in [0.717, 1.165) is 13.7 Å². The van der Waals surface area contributed by atoms with E-state index in [2.05, 4.69) is 51.1 Å². The lowest BCUT2D eigenvalue weighted by Gasteiger charge is -2.17. The lowest BCUT2D eigenvalue weighted by Crippen LogP contribution is -2.24. The summed E-state index contributed by atoms with van der Waals surface area (Å²) in [5.74, 6) is 0.150. The number of carbonyl (C=O) groups excluding carboxylic acids is 1. The first kappa shape index (κ1) is 11.7. The van der Waals surface area contributed by atoms with Crippen molar-refractivity contribution in [2.75, 3.05) is 11.4 Å². The van der Waals surface area contributed by atoms with Gasteiger partial charge in [0.15, 0.2) is 0 Å². The van der Waals surface area contributed by atoms with E-state index in [1.807, 2.05) is 18.2 Å². The first-order chi connectivity index (χ1) is 7.08. The van der Waals surface area contributed by atoms with E-state index in [0.29, 0.717) is 13.0 Å². The van der Waals surface area contributed by atoms with Crippen LogP contribution in [0.5, 0.6) is 0 Å². The minimum absolute atomic E-state index is 0.150. The van der Waals surface area contributed by atoms with E-state index in [1.54, 1.807) is 4.90 Å². The second-order valence-corrected chi connectivity index (χ2v) is 6.29. The normalized spacial score (nSPS) is 21.1. The molecule has 2 rings (SSSR count). The van der Waals surface area contributed by atoms with Crippen LogP contribution in [0, 0.1) is 3.57 Å². The molecule has 1 heterocycles. The molecule has 0 aliphatic carbocycles. The number of anilines is 1. The maximum Gasteiger partial charge on any atom is 0.228 e. The molecule has 1 fully saturated rings. The fourth-order valence-corrected chi connectivity index (χ4v) is 3.45. The molecule has 0 aromatic heterocycles. The van der Waals surface area contributed by atoms with Gasteiger partial charge in [0.1, 0.15) is 0 Å². The molecule has 80 valence electrons. The zero-order valence-corrected chi connectivity index (χ0v) is 12.4. The standard InChI is InChI=1S/C10H9BrINOS/c11-8-3-6(12)1-2-9(8)13-5-7(15)4-10(13)14/h1-3,7,15H,4-5H2. The van der Waals surface area contributed by atoms with Gasteiger partial charge in [0.05, 0.1) is 5.69 Å². The number of rotatable bonds is 1. The van der Waals surface area contributed by atoms with E-state index < -0.39 is 0 Å². The molecular weight excluding hydrogens is 389 g/mol. The van der Waals surface area contributed by atoms with E-state index in [4.69, 9.17) is 0 Å². The van der Waals surface area contributed by atoms with Crippen molar-refractivity contribution in [3.8, 4) is 0 Å². The third-order valence-corrected chi connectivity index (χ3v) is 3.96. The first-order valence-electron chi connectivity index (χ1n) is 4.51. The largest absolute Gasteiger partial charge is 0.310 e. The molecule has 1 aromatic carbocycles. The van der Waals surface area contributed by atoms with Gasteiger partial charge >= 0.3 is 0 Å². The van der Waals surface area contributed by atoms with Crippen LogP contribution in [0.3, 0.4) is 0 Å². The van der Waals surface area contributed by atoms with Crippen LogP contribution >= 0.6 is 51.1 Å². The van der Waals surface area contributed by atoms with Gasteiger partial charge in [0, 0.05) is 26.3 Å².